The molecule has 0 aliphatic rings. The SMILES string of the molecule is CC(C)(C)C(Cc1cccc(F)c1)NN. The van der Waals surface area contributed by atoms with E-state index < -0.39 is 0 Å². The Bertz CT molecular complexity index is 318. The van der Waals surface area contributed by atoms with Gasteiger partial charge in [0.2, 0.25) is 0 Å². The van der Waals surface area contributed by atoms with Crippen molar-refractivity contribution in [2.75, 3.05) is 0 Å². The topological polar surface area (TPSA) is 38.0 Å². The van der Waals surface area contributed by atoms with Gasteiger partial charge in [-0.2, -0.15) is 0 Å². The molecule has 1 unspecified atom stereocenters. The number of hydrazine groups is 1. The van der Waals surface area contributed by atoms with E-state index in [0.717, 1.165) is 12.0 Å². The lowest BCUT2D eigenvalue weighted by molar-refractivity contribution is 0.268. The molecule has 0 aliphatic heterocycles. The Morgan fingerprint density at radius 2 is 2.07 bits per heavy atom. The molecule has 0 amide bonds. The van der Waals surface area contributed by atoms with Crippen LogP contribution in [-0.4, -0.2) is 6.04 Å². The summed E-state index contributed by atoms with van der Waals surface area (Å²) in [7, 11) is 0. The first-order valence-electron chi connectivity index (χ1n) is 5.14. The molecule has 0 spiro atoms. The fourth-order valence-corrected chi connectivity index (χ4v) is 1.51. The summed E-state index contributed by atoms with van der Waals surface area (Å²) in [6.07, 6.45) is 0.734. The van der Waals surface area contributed by atoms with Crippen LogP contribution in [0.25, 0.3) is 0 Å². The predicted octanol–water partition coefficient (Wildman–Crippen LogP) is 2.25. The Kier molecular flexibility index (Phi) is 3.83. The van der Waals surface area contributed by atoms with Crippen LogP contribution in [0.1, 0.15) is 26.3 Å². The second-order valence-electron chi connectivity index (χ2n) is 4.92. The van der Waals surface area contributed by atoms with Gasteiger partial charge in [0.1, 0.15) is 5.82 Å². The van der Waals surface area contributed by atoms with Gasteiger partial charge in [-0.1, -0.05) is 32.9 Å². The Morgan fingerprint density at radius 3 is 2.53 bits per heavy atom. The van der Waals surface area contributed by atoms with E-state index in [-0.39, 0.29) is 17.3 Å². The van der Waals surface area contributed by atoms with Crippen molar-refractivity contribution in [2.45, 2.75) is 33.2 Å². The van der Waals surface area contributed by atoms with Gasteiger partial charge in [0.15, 0.2) is 0 Å². The third-order valence-corrected chi connectivity index (χ3v) is 2.58. The van der Waals surface area contributed by atoms with E-state index in [9.17, 15) is 4.39 Å². The van der Waals surface area contributed by atoms with E-state index in [0.29, 0.717) is 0 Å². The Hall–Kier alpha value is -0.930. The lowest BCUT2D eigenvalue weighted by atomic mass is 9.83. The second kappa shape index (κ2) is 4.73. The molecule has 84 valence electrons. The van der Waals surface area contributed by atoms with Gasteiger partial charge in [0.25, 0.3) is 0 Å². The summed E-state index contributed by atoms with van der Waals surface area (Å²) in [6.45, 7) is 6.32. The highest BCUT2D eigenvalue weighted by Crippen LogP contribution is 2.22. The summed E-state index contributed by atoms with van der Waals surface area (Å²) >= 11 is 0. The predicted molar refractivity (Wildman–Crippen MR) is 60.7 cm³/mol. The summed E-state index contributed by atoms with van der Waals surface area (Å²) in [4.78, 5) is 0. The van der Waals surface area contributed by atoms with Crippen molar-refractivity contribution in [2.24, 2.45) is 11.3 Å². The van der Waals surface area contributed by atoms with Crippen LogP contribution in [0, 0.1) is 11.2 Å². The maximum Gasteiger partial charge on any atom is 0.123 e. The summed E-state index contributed by atoms with van der Waals surface area (Å²) in [5.41, 5.74) is 3.81. The molecule has 0 heterocycles. The minimum absolute atomic E-state index is 0.0566. The molecule has 1 rings (SSSR count). The maximum absolute atomic E-state index is 13.0. The van der Waals surface area contributed by atoms with E-state index in [4.69, 9.17) is 5.84 Å². The molecule has 15 heavy (non-hydrogen) atoms. The van der Waals surface area contributed by atoms with Gasteiger partial charge < -0.3 is 0 Å². The van der Waals surface area contributed by atoms with E-state index in [2.05, 4.69) is 26.2 Å². The van der Waals surface area contributed by atoms with Crippen LogP contribution in [0.15, 0.2) is 24.3 Å². The first kappa shape index (κ1) is 12.1. The van der Waals surface area contributed by atoms with E-state index in [1.807, 2.05) is 6.07 Å². The van der Waals surface area contributed by atoms with Crippen LogP contribution in [0.3, 0.4) is 0 Å². The molecule has 1 aromatic carbocycles. The zero-order valence-corrected chi connectivity index (χ0v) is 9.55. The van der Waals surface area contributed by atoms with E-state index in [1.165, 1.54) is 6.07 Å². The minimum atomic E-state index is -0.197. The second-order valence-corrected chi connectivity index (χ2v) is 4.92. The van der Waals surface area contributed by atoms with Gasteiger partial charge in [0.05, 0.1) is 0 Å². The maximum atomic E-state index is 13.0. The normalized spacial score (nSPS) is 13.9. The lowest BCUT2D eigenvalue weighted by Gasteiger charge is -2.30. The van der Waals surface area contributed by atoms with Crippen molar-refractivity contribution < 1.29 is 4.39 Å². The van der Waals surface area contributed by atoms with Crippen LogP contribution in [-0.2, 0) is 6.42 Å². The van der Waals surface area contributed by atoms with Crippen molar-refractivity contribution in [3.8, 4) is 0 Å². The molecule has 0 aliphatic carbocycles. The molecule has 0 bridgehead atoms. The average molecular weight is 210 g/mol. The lowest BCUT2D eigenvalue weighted by Crippen LogP contribution is -2.45. The van der Waals surface area contributed by atoms with Crippen LogP contribution < -0.4 is 11.3 Å². The highest BCUT2D eigenvalue weighted by Gasteiger charge is 2.23. The van der Waals surface area contributed by atoms with Gasteiger partial charge in [-0.15, -0.1) is 0 Å². The number of nitrogens with one attached hydrogen (secondary N) is 1. The zero-order chi connectivity index (χ0) is 11.5. The molecular formula is C12H19FN2. The van der Waals surface area contributed by atoms with Crippen molar-refractivity contribution in [1.29, 1.82) is 0 Å². The third-order valence-electron chi connectivity index (χ3n) is 2.58. The molecule has 3 N–H and O–H groups in total. The molecule has 0 saturated carbocycles. The molecule has 1 atom stereocenters. The highest BCUT2D eigenvalue weighted by atomic mass is 19.1. The number of hydrogen-bond acceptors (Lipinski definition) is 2. The molecular weight excluding hydrogens is 191 g/mol. The standard InChI is InChI=1S/C12H19FN2/c1-12(2,3)11(15-14)8-9-5-4-6-10(13)7-9/h4-7,11,15H,8,14H2,1-3H3. The fraction of sp³-hybridized carbons (Fsp3) is 0.500. The van der Waals surface area contributed by atoms with Gasteiger partial charge in [-0.3, -0.25) is 11.3 Å². The number of hydrogen-bond donors (Lipinski definition) is 2. The molecule has 0 saturated heterocycles. The van der Waals surface area contributed by atoms with E-state index in [1.54, 1.807) is 12.1 Å². The molecule has 3 heteroatoms. The zero-order valence-electron chi connectivity index (χ0n) is 9.55. The molecule has 2 nitrogen and oxygen atoms in total. The quantitative estimate of drug-likeness (QED) is 0.593. The molecule has 0 radical (unpaired) electrons. The van der Waals surface area contributed by atoms with Gasteiger partial charge in [-0.05, 0) is 29.5 Å². The number of rotatable bonds is 3. The number of benzene rings is 1. The van der Waals surface area contributed by atoms with Crippen LogP contribution in [0.4, 0.5) is 4.39 Å². The van der Waals surface area contributed by atoms with Crippen molar-refractivity contribution >= 4 is 0 Å². The molecule has 0 fully saturated rings. The van der Waals surface area contributed by atoms with Gasteiger partial charge in [0, 0.05) is 6.04 Å². The summed E-state index contributed by atoms with van der Waals surface area (Å²) < 4.78 is 13.0. The first-order chi connectivity index (χ1) is 6.93. The largest absolute Gasteiger partial charge is 0.271 e. The average Bonchev–Trinajstić information content (AvgIpc) is 2.12. The first-order valence-corrected chi connectivity index (χ1v) is 5.14. The van der Waals surface area contributed by atoms with Crippen LogP contribution in [0.2, 0.25) is 0 Å². The van der Waals surface area contributed by atoms with Crippen molar-refractivity contribution in [3.05, 3.63) is 35.6 Å². The Labute approximate surface area is 90.6 Å². The summed E-state index contributed by atoms with van der Waals surface area (Å²) in [5, 5.41) is 0. The molecule has 0 aromatic heterocycles. The summed E-state index contributed by atoms with van der Waals surface area (Å²) in [6, 6.07) is 6.78. The van der Waals surface area contributed by atoms with Gasteiger partial charge in [-0.25, -0.2) is 4.39 Å². The Morgan fingerprint density at radius 1 is 1.40 bits per heavy atom. The fourth-order valence-electron chi connectivity index (χ4n) is 1.51. The van der Waals surface area contributed by atoms with Crippen molar-refractivity contribution in [1.82, 2.24) is 5.43 Å². The van der Waals surface area contributed by atoms with Crippen LogP contribution >= 0.6 is 0 Å². The highest BCUT2D eigenvalue weighted by molar-refractivity contribution is 5.17. The Balaban J connectivity index is 2.76. The van der Waals surface area contributed by atoms with Gasteiger partial charge >= 0.3 is 0 Å². The number of nitrogens with two attached hydrogens (primary N) is 1. The van der Waals surface area contributed by atoms with E-state index >= 15 is 0 Å². The van der Waals surface area contributed by atoms with Crippen LogP contribution in [0.5, 0.6) is 0 Å². The van der Waals surface area contributed by atoms with Crippen molar-refractivity contribution in [3.63, 3.8) is 0 Å². The molecule has 1 aromatic rings. The monoisotopic (exact) mass is 210 g/mol. The minimum Gasteiger partial charge on any atom is -0.271 e. The summed E-state index contributed by atoms with van der Waals surface area (Å²) in [5.74, 6) is 5.30. The smallest absolute Gasteiger partial charge is 0.123 e. The number of halogens is 1. The third kappa shape index (κ3) is 3.61.